The largest absolute Gasteiger partial charge is 0.350 e. The van der Waals surface area contributed by atoms with Crippen molar-refractivity contribution in [2.45, 2.75) is 20.3 Å². The van der Waals surface area contributed by atoms with Gasteiger partial charge in [-0.15, -0.1) is 0 Å². The van der Waals surface area contributed by atoms with Gasteiger partial charge in [0, 0.05) is 31.2 Å². The first-order valence-electron chi connectivity index (χ1n) is 5.49. The fourth-order valence-corrected chi connectivity index (χ4v) is 1.53. The first-order valence-corrected chi connectivity index (χ1v) is 5.49. The van der Waals surface area contributed by atoms with Crippen LogP contribution in [0.3, 0.4) is 0 Å². The fourth-order valence-electron chi connectivity index (χ4n) is 1.53. The molecule has 1 atom stereocenters. The Bertz CT molecular complexity index is 415. The van der Waals surface area contributed by atoms with Crippen LogP contribution in [0.25, 0.3) is 0 Å². The molecule has 0 aromatic rings. The predicted molar refractivity (Wildman–Crippen MR) is 67.4 cm³/mol. The van der Waals surface area contributed by atoms with E-state index in [-0.39, 0.29) is 23.7 Å². The summed E-state index contributed by atoms with van der Waals surface area (Å²) in [5.74, 6) is -0.0253. The van der Waals surface area contributed by atoms with Gasteiger partial charge in [0.1, 0.15) is 11.7 Å². The van der Waals surface area contributed by atoms with Crippen LogP contribution < -0.4 is 5.32 Å². The average molecular weight is 236 g/mol. The quantitative estimate of drug-likeness (QED) is 0.765. The Labute approximate surface area is 101 Å². The summed E-state index contributed by atoms with van der Waals surface area (Å²) < 4.78 is 12.9. The number of nitrogens with one attached hydrogen (secondary N) is 1. The summed E-state index contributed by atoms with van der Waals surface area (Å²) in [6.45, 7) is 2.80. The molecule has 0 aliphatic carbocycles. The van der Waals surface area contributed by atoms with Crippen LogP contribution in [0.1, 0.15) is 20.3 Å². The van der Waals surface area contributed by atoms with Crippen molar-refractivity contribution in [3.05, 3.63) is 35.8 Å². The molecule has 1 aliphatic heterocycles. The second kappa shape index (κ2) is 6.13. The third kappa shape index (κ3) is 3.66. The van der Waals surface area contributed by atoms with E-state index in [0.29, 0.717) is 5.84 Å². The monoisotopic (exact) mass is 236 g/mol. The Morgan fingerprint density at radius 1 is 1.47 bits per heavy atom. The normalized spacial score (nSPS) is 23.1. The second-order valence-electron chi connectivity index (χ2n) is 3.89. The number of aliphatic imine (C=N–C) groups is 1. The SMILES string of the molecule is CN=C1NC=CC=CC1CC(=O)/C(C)=C(/C)F. The first-order chi connectivity index (χ1) is 8.06. The minimum Gasteiger partial charge on any atom is -0.350 e. The van der Waals surface area contributed by atoms with Crippen LogP contribution in [0.5, 0.6) is 0 Å². The Hall–Kier alpha value is -1.71. The lowest BCUT2D eigenvalue weighted by molar-refractivity contribution is -0.115. The molecule has 0 spiro atoms. The number of ketones is 1. The molecular formula is C13H17FN2O. The summed E-state index contributed by atoms with van der Waals surface area (Å²) in [6, 6.07) is 0. The van der Waals surface area contributed by atoms with Crippen LogP contribution in [-0.2, 0) is 4.79 Å². The van der Waals surface area contributed by atoms with E-state index in [1.807, 2.05) is 18.2 Å². The van der Waals surface area contributed by atoms with Gasteiger partial charge in [-0.1, -0.05) is 12.2 Å². The predicted octanol–water partition coefficient (Wildman–Crippen LogP) is 2.53. The number of allylic oxidation sites excluding steroid dienone is 4. The molecule has 92 valence electrons. The van der Waals surface area contributed by atoms with Gasteiger partial charge >= 0.3 is 0 Å². The van der Waals surface area contributed by atoms with Gasteiger partial charge in [-0.05, 0) is 19.9 Å². The number of rotatable bonds is 3. The molecule has 17 heavy (non-hydrogen) atoms. The highest BCUT2D eigenvalue weighted by Crippen LogP contribution is 2.15. The molecule has 0 aromatic heterocycles. The number of amidine groups is 1. The third-order valence-corrected chi connectivity index (χ3v) is 2.71. The third-order valence-electron chi connectivity index (χ3n) is 2.71. The Morgan fingerprint density at radius 2 is 2.18 bits per heavy atom. The average Bonchev–Trinajstić information content (AvgIpc) is 2.52. The van der Waals surface area contributed by atoms with E-state index in [0.717, 1.165) is 0 Å². The number of Topliss-reactive ketones (excluding diaryl/α,β-unsaturated/α-hetero) is 1. The van der Waals surface area contributed by atoms with Crippen LogP contribution in [0.2, 0.25) is 0 Å². The molecule has 1 heterocycles. The lowest BCUT2D eigenvalue weighted by Crippen LogP contribution is -2.27. The highest BCUT2D eigenvalue weighted by molar-refractivity contribution is 5.99. The van der Waals surface area contributed by atoms with Crippen molar-refractivity contribution in [2.24, 2.45) is 10.9 Å². The first kappa shape index (κ1) is 13.4. The summed E-state index contributed by atoms with van der Waals surface area (Å²) in [6.07, 6.45) is 7.55. The molecule has 0 aromatic carbocycles. The molecule has 1 unspecified atom stereocenters. The number of hydrogen-bond donors (Lipinski definition) is 1. The van der Waals surface area contributed by atoms with Gasteiger partial charge in [0.25, 0.3) is 0 Å². The molecule has 3 nitrogen and oxygen atoms in total. The molecule has 0 bridgehead atoms. The van der Waals surface area contributed by atoms with Crippen LogP contribution in [0, 0.1) is 5.92 Å². The number of nitrogens with zero attached hydrogens (tertiary/aromatic N) is 1. The van der Waals surface area contributed by atoms with Gasteiger partial charge in [0.05, 0.1) is 0 Å². The number of hydrogen-bond acceptors (Lipinski definition) is 2. The second-order valence-corrected chi connectivity index (χ2v) is 3.89. The molecule has 0 saturated heterocycles. The van der Waals surface area contributed by atoms with Gasteiger partial charge < -0.3 is 5.32 Å². The molecule has 4 heteroatoms. The van der Waals surface area contributed by atoms with Crippen molar-refractivity contribution in [3.63, 3.8) is 0 Å². The molecule has 0 radical (unpaired) electrons. The van der Waals surface area contributed by atoms with E-state index in [4.69, 9.17) is 0 Å². The molecule has 0 saturated carbocycles. The van der Waals surface area contributed by atoms with Crippen LogP contribution >= 0.6 is 0 Å². The standard InChI is InChI=1S/C13H17FN2O/c1-9(10(2)14)12(17)8-11-6-4-5-7-16-13(11)15-3/h4-7,11H,8H2,1-3H3,(H,15,16)/b10-9-. The summed E-state index contributed by atoms with van der Waals surface area (Å²) in [5.41, 5.74) is 0.186. The summed E-state index contributed by atoms with van der Waals surface area (Å²) in [4.78, 5) is 15.9. The van der Waals surface area contributed by atoms with Crippen molar-refractivity contribution in [3.8, 4) is 0 Å². The molecular weight excluding hydrogens is 219 g/mol. The topological polar surface area (TPSA) is 41.5 Å². The lowest BCUT2D eigenvalue weighted by atomic mass is 9.97. The molecule has 1 rings (SSSR count). The van der Waals surface area contributed by atoms with Gasteiger partial charge in [0.2, 0.25) is 0 Å². The van der Waals surface area contributed by atoms with E-state index in [1.165, 1.54) is 13.8 Å². The van der Waals surface area contributed by atoms with E-state index in [1.54, 1.807) is 13.2 Å². The van der Waals surface area contributed by atoms with Gasteiger partial charge in [-0.2, -0.15) is 0 Å². The smallest absolute Gasteiger partial charge is 0.162 e. The minimum atomic E-state index is -0.423. The summed E-state index contributed by atoms with van der Waals surface area (Å²) in [5, 5.41) is 3.00. The van der Waals surface area contributed by atoms with E-state index in [9.17, 15) is 9.18 Å². The van der Waals surface area contributed by atoms with Crippen molar-refractivity contribution >= 4 is 11.6 Å². The van der Waals surface area contributed by atoms with E-state index >= 15 is 0 Å². The van der Waals surface area contributed by atoms with Crippen molar-refractivity contribution in [1.82, 2.24) is 5.32 Å². The fraction of sp³-hybridized carbons (Fsp3) is 0.385. The van der Waals surface area contributed by atoms with Gasteiger partial charge in [0.15, 0.2) is 5.78 Å². The maximum atomic E-state index is 12.9. The number of carbonyl (C=O) groups is 1. The van der Waals surface area contributed by atoms with Crippen LogP contribution in [0.15, 0.2) is 40.8 Å². The van der Waals surface area contributed by atoms with E-state index < -0.39 is 5.83 Å². The van der Waals surface area contributed by atoms with Gasteiger partial charge in [-0.25, -0.2) is 4.39 Å². The zero-order valence-corrected chi connectivity index (χ0v) is 10.3. The number of carbonyl (C=O) groups excluding carboxylic acids is 1. The van der Waals surface area contributed by atoms with Gasteiger partial charge in [-0.3, -0.25) is 9.79 Å². The molecule has 1 aliphatic rings. The minimum absolute atomic E-state index is 0.128. The highest BCUT2D eigenvalue weighted by Gasteiger charge is 2.19. The van der Waals surface area contributed by atoms with Crippen LogP contribution in [-0.4, -0.2) is 18.7 Å². The number of halogens is 1. The Balaban J connectivity index is 2.80. The zero-order chi connectivity index (χ0) is 12.8. The summed E-state index contributed by atoms with van der Waals surface area (Å²) >= 11 is 0. The zero-order valence-electron chi connectivity index (χ0n) is 10.3. The van der Waals surface area contributed by atoms with E-state index in [2.05, 4.69) is 10.3 Å². The maximum absolute atomic E-state index is 12.9. The molecule has 0 fully saturated rings. The highest BCUT2D eigenvalue weighted by atomic mass is 19.1. The van der Waals surface area contributed by atoms with Crippen molar-refractivity contribution < 1.29 is 9.18 Å². The Morgan fingerprint density at radius 3 is 2.76 bits per heavy atom. The van der Waals surface area contributed by atoms with Crippen molar-refractivity contribution in [2.75, 3.05) is 7.05 Å². The Kier molecular flexibility index (Phi) is 4.82. The van der Waals surface area contributed by atoms with Crippen LogP contribution in [0.4, 0.5) is 4.39 Å². The lowest BCUT2D eigenvalue weighted by Gasteiger charge is -2.13. The molecule has 1 N–H and O–H groups in total. The summed E-state index contributed by atoms with van der Waals surface area (Å²) in [7, 11) is 1.66. The van der Waals surface area contributed by atoms with Crippen molar-refractivity contribution in [1.29, 1.82) is 0 Å². The maximum Gasteiger partial charge on any atom is 0.162 e. The molecule has 0 amide bonds.